The molecule has 1 aliphatic carbocycles. The first-order valence-corrected chi connectivity index (χ1v) is 11.3. The highest BCUT2D eigenvalue weighted by Crippen LogP contribution is 2.42. The van der Waals surface area contributed by atoms with E-state index in [0.29, 0.717) is 24.3 Å². The summed E-state index contributed by atoms with van der Waals surface area (Å²) >= 11 is 0. The Kier molecular flexibility index (Phi) is 12.4. The molecule has 0 radical (unpaired) electrons. The molecule has 2 fully saturated rings. The zero-order valence-corrected chi connectivity index (χ0v) is 21.8. The number of likely N-dealkylation sites (tertiary alicyclic amines) is 1. The van der Waals surface area contributed by atoms with Crippen LogP contribution in [0.15, 0.2) is 4.99 Å². The van der Waals surface area contributed by atoms with E-state index in [9.17, 15) is 0 Å². The lowest BCUT2D eigenvalue weighted by Gasteiger charge is -2.52. The zero-order chi connectivity index (χ0) is 20.6. The van der Waals surface area contributed by atoms with Crippen LogP contribution in [0.4, 0.5) is 0 Å². The Labute approximate surface area is 196 Å². The average molecular weight is 525 g/mol. The number of nitrogens with one attached hydrogen (secondary N) is 2. The maximum Gasteiger partial charge on any atom is 0.191 e. The molecule has 0 amide bonds. The molecule has 1 saturated heterocycles. The second-order valence-electron chi connectivity index (χ2n) is 9.22. The van der Waals surface area contributed by atoms with E-state index in [-0.39, 0.29) is 29.4 Å². The largest absolute Gasteiger partial charge is 0.378 e. The van der Waals surface area contributed by atoms with Gasteiger partial charge in [0.2, 0.25) is 0 Å². The number of ether oxygens (including phenoxy) is 2. The Morgan fingerprint density at radius 3 is 2.41 bits per heavy atom. The Morgan fingerprint density at radius 2 is 1.86 bits per heavy atom. The van der Waals surface area contributed by atoms with Gasteiger partial charge >= 0.3 is 0 Å². The molecule has 2 N–H and O–H groups in total. The number of piperidine rings is 1. The minimum atomic E-state index is 0. The summed E-state index contributed by atoms with van der Waals surface area (Å²) in [6, 6.07) is 0.909. The van der Waals surface area contributed by atoms with Crippen LogP contribution >= 0.6 is 24.0 Å². The van der Waals surface area contributed by atoms with Gasteiger partial charge in [0, 0.05) is 50.8 Å². The van der Waals surface area contributed by atoms with Gasteiger partial charge in [-0.1, -0.05) is 27.2 Å². The normalized spacial score (nSPS) is 25.4. The van der Waals surface area contributed by atoms with Gasteiger partial charge in [-0.25, -0.2) is 0 Å². The number of unbranched alkanes of at least 4 members (excludes halogenated alkanes) is 1. The predicted octanol–water partition coefficient (Wildman–Crippen LogP) is 3.64. The summed E-state index contributed by atoms with van der Waals surface area (Å²) in [4.78, 5) is 6.98. The first kappa shape index (κ1) is 26.9. The fourth-order valence-corrected chi connectivity index (χ4v) is 4.03. The van der Waals surface area contributed by atoms with Crippen molar-refractivity contribution in [3.63, 3.8) is 0 Å². The second kappa shape index (κ2) is 13.3. The first-order chi connectivity index (χ1) is 13.4. The maximum atomic E-state index is 6.07. The quantitative estimate of drug-likeness (QED) is 0.198. The van der Waals surface area contributed by atoms with Gasteiger partial charge in [-0.3, -0.25) is 4.99 Å². The third kappa shape index (κ3) is 8.50. The Morgan fingerprint density at radius 1 is 1.17 bits per heavy atom. The molecular formula is C22H45IN4O2. The van der Waals surface area contributed by atoms with E-state index in [1.807, 2.05) is 7.05 Å². The van der Waals surface area contributed by atoms with Crippen LogP contribution in [0, 0.1) is 5.41 Å². The van der Waals surface area contributed by atoms with Crippen molar-refractivity contribution in [1.29, 1.82) is 0 Å². The van der Waals surface area contributed by atoms with Gasteiger partial charge in [0.15, 0.2) is 5.96 Å². The van der Waals surface area contributed by atoms with Crippen molar-refractivity contribution in [2.45, 2.75) is 91.0 Å². The minimum Gasteiger partial charge on any atom is -0.378 e. The summed E-state index contributed by atoms with van der Waals surface area (Å²) in [6.45, 7) is 16.0. The molecule has 1 heterocycles. The van der Waals surface area contributed by atoms with Gasteiger partial charge in [-0.15, -0.1) is 24.0 Å². The van der Waals surface area contributed by atoms with Gasteiger partial charge in [0.05, 0.1) is 18.8 Å². The van der Waals surface area contributed by atoms with Crippen LogP contribution in [0.3, 0.4) is 0 Å². The fraction of sp³-hybridized carbons (Fsp3) is 0.955. The number of aliphatic imine (C=N–C) groups is 1. The third-order valence-corrected chi connectivity index (χ3v) is 6.32. The smallest absolute Gasteiger partial charge is 0.191 e. The molecule has 0 aromatic carbocycles. The minimum absolute atomic E-state index is 0. The second-order valence-corrected chi connectivity index (χ2v) is 9.22. The van der Waals surface area contributed by atoms with Crippen molar-refractivity contribution < 1.29 is 9.47 Å². The Balaban J connectivity index is 0.00000420. The molecule has 1 saturated carbocycles. The SMILES string of the molecule is CCCCOC1CC(NC(=NC)NC2CCN(CCOC(C)C)CC2)C1(C)C.I. The van der Waals surface area contributed by atoms with Crippen molar-refractivity contribution in [2.75, 3.05) is 39.9 Å². The molecule has 29 heavy (non-hydrogen) atoms. The van der Waals surface area contributed by atoms with Gasteiger partial charge in [-0.2, -0.15) is 0 Å². The maximum absolute atomic E-state index is 6.07. The standard InChI is InChI=1S/C22H44N4O2.HI/c1-7-8-14-28-20-16-19(22(20,4)5)25-21(23-6)24-18-9-11-26(12-10-18)13-15-27-17(2)3;/h17-20H,7-16H2,1-6H3,(H2,23,24,25);1H. The van der Waals surface area contributed by atoms with Gasteiger partial charge in [0.1, 0.15) is 0 Å². The molecule has 2 atom stereocenters. The van der Waals surface area contributed by atoms with E-state index in [4.69, 9.17) is 9.47 Å². The summed E-state index contributed by atoms with van der Waals surface area (Å²) in [5.41, 5.74) is 0.144. The topological polar surface area (TPSA) is 58.1 Å². The molecule has 0 aromatic rings. The average Bonchev–Trinajstić information content (AvgIpc) is 2.66. The third-order valence-electron chi connectivity index (χ3n) is 6.32. The number of rotatable bonds is 10. The first-order valence-electron chi connectivity index (χ1n) is 11.3. The van der Waals surface area contributed by atoms with Gasteiger partial charge in [-0.05, 0) is 39.5 Å². The van der Waals surface area contributed by atoms with Crippen LogP contribution in [0.1, 0.15) is 66.7 Å². The molecule has 0 spiro atoms. The lowest BCUT2D eigenvalue weighted by molar-refractivity contribution is -0.113. The molecule has 1 aliphatic heterocycles. The van der Waals surface area contributed by atoms with Gasteiger partial charge in [0.25, 0.3) is 0 Å². The van der Waals surface area contributed by atoms with Crippen LogP contribution in [0.25, 0.3) is 0 Å². The lowest BCUT2D eigenvalue weighted by Crippen LogP contribution is -2.64. The lowest BCUT2D eigenvalue weighted by atomic mass is 9.64. The van der Waals surface area contributed by atoms with Crippen LogP contribution < -0.4 is 10.6 Å². The molecule has 0 bridgehead atoms. The van der Waals surface area contributed by atoms with Crippen LogP contribution in [0.2, 0.25) is 0 Å². The van der Waals surface area contributed by atoms with Crippen molar-refractivity contribution in [2.24, 2.45) is 10.4 Å². The predicted molar refractivity (Wildman–Crippen MR) is 132 cm³/mol. The zero-order valence-electron chi connectivity index (χ0n) is 19.5. The van der Waals surface area contributed by atoms with E-state index < -0.39 is 0 Å². The molecule has 2 aliphatic rings. The van der Waals surface area contributed by atoms with Crippen molar-refractivity contribution in [1.82, 2.24) is 15.5 Å². The monoisotopic (exact) mass is 524 g/mol. The Bertz CT molecular complexity index is 479. The van der Waals surface area contributed by atoms with Crippen molar-refractivity contribution in [3.05, 3.63) is 0 Å². The summed E-state index contributed by atoms with van der Waals surface area (Å²) in [5, 5.41) is 7.29. The highest BCUT2D eigenvalue weighted by atomic mass is 127. The highest BCUT2D eigenvalue weighted by molar-refractivity contribution is 14.0. The van der Waals surface area contributed by atoms with Crippen LogP contribution in [-0.2, 0) is 9.47 Å². The number of guanidine groups is 1. The van der Waals surface area contributed by atoms with E-state index >= 15 is 0 Å². The number of halogens is 1. The molecule has 2 rings (SSSR count). The molecule has 2 unspecified atom stereocenters. The number of hydrogen-bond donors (Lipinski definition) is 2. The van der Waals surface area contributed by atoms with Crippen molar-refractivity contribution in [3.8, 4) is 0 Å². The van der Waals surface area contributed by atoms with Crippen LogP contribution in [-0.4, -0.2) is 75.0 Å². The number of nitrogens with zero attached hydrogens (tertiary/aromatic N) is 2. The van der Waals surface area contributed by atoms with Crippen LogP contribution in [0.5, 0.6) is 0 Å². The summed E-state index contributed by atoms with van der Waals surface area (Å²) in [6.07, 6.45) is 6.38. The Hall–Kier alpha value is -0.120. The molecule has 6 nitrogen and oxygen atoms in total. The summed E-state index contributed by atoms with van der Waals surface area (Å²) in [7, 11) is 1.87. The van der Waals surface area contributed by atoms with Crippen molar-refractivity contribution >= 4 is 29.9 Å². The van der Waals surface area contributed by atoms with E-state index in [2.05, 4.69) is 55.1 Å². The number of hydrogen-bond acceptors (Lipinski definition) is 4. The molecular weight excluding hydrogens is 479 g/mol. The van der Waals surface area contributed by atoms with E-state index in [0.717, 1.165) is 64.5 Å². The summed E-state index contributed by atoms with van der Waals surface area (Å²) in [5.74, 6) is 0.937. The highest BCUT2D eigenvalue weighted by Gasteiger charge is 2.49. The summed E-state index contributed by atoms with van der Waals surface area (Å²) < 4.78 is 11.7. The molecule has 172 valence electrons. The fourth-order valence-electron chi connectivity index (χ4n) is 4.03. The molecule has 7 heteroatoms. The molecule has 0 aromatic heterocycles. The van der Waals surface area contributed by atoms with Gasteiger partial charge < -0.3 is 25.0 Å². The van der Waals surface area contributed by atoms with E-state index in [1.165, 1.54) is 6.42 Å². The van der Waals surface area contributed by atoms with E-state index in [1.54, 1.807) is 0 Å².